The number of hydrogen-bond acceptors (Lipinski definition) is 6. The molecule has 1 atom stereocenters. The maximum Gasteiger partial charge on any atom is 0.238 e. The van der Waals surface area contributed by atoms with E-state index in [4.69, 9.17) is 14.5 Å². The van der Waals surface area contributed by atoms with Crippen molar-refractivity contribution < 1.29 is 14.3 Å². The highest BCUT2D eigenvalue weighted by molar-refractivity contribution is 6.24. The summed E-state index contributed by atoms with van der Waals surface area (Å²) in [6.45, 7) is 0.826. The lowest BCUT2D eigenvalue weighted by atomic mass is 9.90. The van der Waals surface area contributed by atoms with Crippen molar-refractivity contribution in [2.45, 2.75) is 12.5 Å². The van der Waals surface area contributed by atoms with Crippen molar-refractivity contribution in [3.63, 3.8) is 0 Å². The van der Waals surface area contributed by atoms with Crippen molar-refractivity contribution in [3.05, 3.63) is 82.9 Å². The van der Waals surface area contributed by atoms with Crippen LogP contribution in [0.2, 0.25) is 0 Å². The van der Waals surface area contributed by atoms with E-state index in [1.54, 1.807) is 32.4 Å². The van der Waals surface area contributed by atoms with E-state index < -0.39 is 5.92 Å². The van der Waals surface area contributed by atoms with Crippen LogP contribution in [0.1, 0.15) is 28.2 Å². The van der Waals surface area contributed by atoms with Gasteiger partial charge in [-0.25, -0.2) is 0 Å². The first-order chi connectivity index (χ1) is 16.4. The maximum absolute atomic E-state index is 13.2. The molecule has 0 saturated carbocycles. The lowest BCUT2D eigenvalue weighted by Gasteiger charge is -2.16. The summed E-state index contributed by atoms with van der Waals surface area (Å²) in [7, 11) is 7.20. The number of benzene rings is 3. The minimum absolute atomic E-state index is 0.192. The van der Waals surface area contributed by atoms with Gasteiger partial charge >= 0.3 is 0 Å². The summed E-state index contributed by atoms with van der Waals surface area (Å²) in [6, 6.07) is 20.8. The van der Waals surface area contributed by atoms with E-state index in [9.17, 15) is 10.1 Å². The van der Waals surface area contributed by atoms with E-state index >= 15 is 0 Å². The molecule has 172 valence electrons. The van der Waals surface area contributed by atoms with Crippen molar-refractivity contribution in [1.29, 1.82) is 5.26 Å². The third kappa shape index (κ3) is 4.63. The summed E-state index contributed by atoms with van der Waals surface area (Å²) >= 11 is 0. The molecular formula is C27H26N4O3. The number of anilines is 1. The normalized spacial score (nSPS) is 15.0. The summed E-state index contributed by atoms with van der Waals surface area (Å²) in [5, 5.41) is 12.2. The Labute approximate surface area is 199 Å². The second-order valence-corrected chi connectivity index (χ2v) is 8.31. The van der Waals surface area contributed by atoms with E-state index in [-0.39, 0.29) is 5.91 Å². The summed E-state index contributed by atoms with van der Waals surface area (Å²) in [4.78, 5) is 20.2. The van der Waals surface area contributed by atoms with Gasteiger partial charge in [0.1, 0.15) is 5.92 Å². The number of nitrogens with one attached hydrogen (secondary N) is 1. The zero-order valence-corrected chi connectivity index (χ0v) is 19.6. The number of methoxy groups -OCH3 is 2. The molecular weight excluding hydrogens is 428 g/mol. The molecule has 0 saturated heterocycles. The summed E-state index contributed by atoms with van der Waals surface area (Å²) < 4.78 is 10.9. The molecule has 0 radical (unpaired) electrons. The van der Waals surface area contributed by atoms with E-state index in [2.05, 4.69) is 16.3 Å². The molecule has 3 aromatic carbocycles. The van der Waals surface area contributed by atoms with Crippen LogP contribution in [0.5, 0.6) is 11.5 Å². The standard InChI is InChI=1S/C27H26N4O3/c1-31(2)16-17-5-9-20(10-6-17)29-26(19-8-12-23(33-3)24(14-19)34-4)25-21-11-7-18(15-28)13-22(21)30-27(25)32/h5-14,25H,16H2,1-4H3,(H,30,32). The van der Waals surface area contributed by atoms with Crippen LogP contribution in [0, 0.1) is 11.3 Å². The number of carbonyl (C=O) groups is 1. The van der Waals surface area contributed by atoms with Crippen molar-refractivity contribution in [3.8, 4) is 17.6 Å². The molecule has 0 aromatic heterocycles. The number of rotatable bonds is 7. The molecule has 0 bridgehead atoms. The van der Waals surface area contributed by atoms with E-state index in [0.29, 0.717) is 28.5 Å². The topological polar surface area (TPSA) is 87.0 Å². The maximum atomic E-state index is 13.2. The van der Waals surface area contributed by atoms with Crippen LogP contribution in [-0.2, 0) is 11.3 Å². The Hall–Kier alpha value is -4.15. The van der Waals surface area contributed by atoms with Crippen LogP contribution in [0.15, 0.2) is 65.7 Å². The number of hydrogen-bond donors (Lipinski definition) is 1. The zero-order valence-electron chi connectivity index (χ0n) is 19.6. The van der Waals surface area contributed by atoms with Crippen LogP contribution in [-0.4, -0.2) is 44.8 Å². The van der Waals surface area contributed by atoms with Crippen molar-refractivity contribution in [2.75, 3.05) is 33.6 Å². The van der Waals surface area contributed by atoms with Gasteiger partial charge in [-0.2, -0.15) is 5.26 Å². The minimum Gasteiger partial charge on any atom is -0.493 e. The van der Waals surface area contributed by atoms with Gasteiger partial charge in [0.2, 0.25) is 5.91 Å². The number of aliphatic imine (C=N–C) groups is 1. The van der Waals surface area contributed by atoms with Crippen LogP contribution in [0.4, 0.5) is 11.4 Å². The van der Waals surface area contributed by atoms with Gasteiger partial charge in [0.15, 0.2) is 11.5 Å². The fourth-order valence-corrected chi connectivity index (χ4v) is 4.07. The van der Waals surface area contributed by atoms with Gasteiger partial charge in [0, 0.05) is 17.8 Å². The lowest BCUT2D eigenvalue weighted by Crippen LogP contribution is -2.22. The molecule has 0 aliphatic carbocycles. The van der Waals surface area contributed by atoms with Crippen molar-refractivity contribution >= 4 is 23.0 Å². The van der Waals surface area contributed by atoms with Gasteiger partial charge in [-0.3, -0.25) is 9.79 Å². The number of nitriles is 1. The van der Waals surface area contributed by atoms with Crippen molar-refractivity contribution in [1.82, 2.24) is 4.90 Å². The molecule has 0 fully saturated rings. The Morgan fingerprint density at radius 2 is 1.76 bits per heavy atom. The Kier molecular flexibility index (Phi) is 6.62. The molecule has 1 N–H and O–H groups in total. The fourth-order valence-electron chi connectivity index (χ4n) is 4.07. The third-order valence-electron chi connectivity index (χ3n) is 5.65. The quantitative estimate of drug-likeness (QED) is 0.532. The molecule has 7 heteroatoms. The highest BCUT2D eigenvalue weighted by atomic mass is 16.5. The molecule has 1 aliphatic rings. The average molecular weight is 455 g/mol. The first-order valence-corrected chi connectivity index (χ1v) is 10.8. The first kappa shape index (κ1) is 23.0. The molecule has 1 aliphatic heterocycles. The number of nitrogens with zero attached hydrogens (tertiary/aromatic N) is 3. The largest absolute Gasteiger partial charge is 0.493 e. The number of carbonyl (C=O) groups excluding carboxylic acids is 1. The number of ether oxygens (including phenoxy) is 2. The Morgan fingerprint density at radius 1 is 1.03 bits per heavy atom. The Balaban J connectivity index is 1.84. The van der Waals surface area contributed by atoms with Gasteiger partial charge in [-0.1, -0.05) is 18.2 Å². The van der Waals surface area contributed by atoms with E-state index in [0.717, 1.165) is 23.4 Å². The monoisotopic (exact) mass is 454 g/mol. The Morgan fingerprint density at radius 3 is 2.41 bits per heavy atom. The van der Waals surface area contributed by atoms with Crippen LogP contribution in [0.25, 0.3) is 0 Å². The minimum atomic E-state index is -0.637. The average Bonchev–Trinajstić information content (AvgIpc) is 3.17. The van der Waals surface area contributed by atoms with Crippen molar-refractivity contribution in [2.24, 2.45) is 4.99 Å². The van der Waals surface area contributed by atoms with Gasteiger partial charge in [-0.05, 0) is 67.7 Å². The lowest BCUT2D eigenvalue weighted by molar-refractivity contribution is -0.115. The van der Waals surface area contributed by atoms with E-state index in [1.807, 2.05) is 56.6 Å². The predicted molar refractivity (Wildman–Crippen MR) is 132 cm³/mol. The summed E-state index contributed by atoms with van der Waals surface area (Å²) in [6.07, 6.45) is 0. The predicted octanol–water partition coefficient (Wildman–Crippen LogP) is 4.49. The third-order valence-corrected chi connectivity index (χ3v) is 5.65. The second-order valence-electron chi connectivity index (χ2n) is 8.31. The molecule has 0 spiro atoms. The summed E-state index contributed by atoms with van der Waals surface area (Å²) in [5.74, 6) is 0.311. The van der Waals surface area contributed by atoms with Crippen LogP contribution in [0.3, 0.4) is 0 Å². The van der Waals surface area contributed by atoms with Crippen LogP contribution >= 0.6 is 0 Å². The smallest absolute Gasteiger partial charge is 0.238 e. The molecule has 1 amide bonds. The Bertz CT molecular complexity index is 1290. The van der Waals surface area contributed by atoms with Crippen LogP contribution < -0.4 is 14.8 Å². The fraction of sp³-hybridized carbons (Fsp3) is 0.222. The molecule has 1 heterocycles. The highest BCUT2D eigenvalue weighted by Crippen LogP contribution is 2.38. The van der Waals surface area contributed by atoms with E-state index in [1.165, 1.54) is 5.56 Å². The molecule has 34 heavy (non-hydrogen) atoms. The highest BCUT2D eigenvalue weighted by Gasteiger charge is 2.36. The van der Waals surface area contributed by atoms with Gasteiger partial charge in [-0.15, -0.1) is 0 Å². The second kappa shape index (κ2) is 9.77. The van der Waals surface area contributed by atoms with Gasteiger partial charge < -0.3 is 19.7 Å². The molecule has 7 nitrogen and oxygen atoms in total. The molecule has 4 rings (SSSR count). The number of fused-ring (bicyclic) bond motifs is 1. The SMILES string of the molecule is COc1ccc(C(=Nc2ccc(CN(C)C)cc2)C2C(=O)Nc3cc(C#N)ccc32)cc1OC. The molecule has 1 unspecified atom stereocenters. The van der Waals surface area contributed by atoms with Gasteiger partial charge in [0.25, 0.3) is 0 Å². The zero-order chi connectivity index (χ0) is 24.2. The van der Waals surface area contributed by atoms with Gasteiger partial charge in [0.05, 0.1) is 37.3 Å². The molecule has 3 aromatic rings. The number of amides is 1. The first-order valence-electron chi connectivity index (χ1n) is 10.8. The summed E-state index contributed by atoms with van der Waals surface area (Å²) in [5.41, 5.74) is 5.13.